The van der Waals surface area contributed by atoms with Crippen LogP contribution in [0.2, 0.25) is 0 Å². The minimum Gasteiger partial charge on any atom is -0.506 e. The summed E-state index contributed by atoms with van der Waals surface area (Å²) in [5.74, 6) is 2.00. The predicted octanol–water partition coefficient (Wildman–Crippen LogP) is 5.69. The van der Waals surface area contributed by atoms with Gasteiger partial charge in [-0.2, -0.15) is 0 Å². The monoisotopic (exact) mass is 543 g/mol. The Bertz CT molecular complexity index is 1350. The molecule has 0 radical (unpaired) electrons. The molecule has 1 aliphatic heterocycles. The van der Waals surface area contributed by atoms with E-state index < -0.39 is 0 Å². The number of phenols is 2. The van der Waals surface area contributed by atoms with E-state index in [4.69, 9.17) is 9.47 Å². The van der Waals surface area contributed by atoms with Gasteiger partial charge in [-0.1, -0.05) is 0 Å². The Hall–Kier alpha value is -3.04. The van der Waals surface area contributed by atoms with Gasteiger partial charge < -0.3 is 24.7 Å². The molecule has 0 bridgehead atoms. The van der Waals surface area contributed by atoms with Crippen molar-refractivity contribution in [3.8, 4) is 34.4 Å². The summed E-state index contributed by atoms with van der Waals surface area (Å²) in [6.45, 7) is 1.08. The molecule has 0 amide bonds. The average molecular weight is 545 g/mol. The first kappa shape index (κ1) is 19.9. The molecule has 0 saturated carbocycles. The lowest BCUT2D eigenvalue weighted by Gasteiger charge is -2.18. The number of rotatable bonds is 3. The van der Waals surface area contributed by atoms with Crippen molar-refractivity contribution in [2.24, 2.45) is 4.99 Å². The smallest absolute Gasteiger partial charge is 0.162 e. The molecule has 156 valence electrons. The number of aliphatic imine (C=N–C) groups is 1. The van der Waals surface area contributed by atoms with Gasteiger partial charge in [-0.05, 0) is 74.3 Å². The Morgan fingerprint density at radius 2 is 1.77 bits per heavy atom. The van der Waals surface area contributed by atoms with Crippen LogP contribution in [-0.4, -0.2) is 39.6 Å². The van der Waals surface area contributed by atoms with E-state index in [0.717, 1.165) is 28.2 Å². The number of nitrogens with one attached hydrogen (secondary N) is 1. The molecule has 9 heteroatoms. The lowest BCUT2D eigenvalue weighted by atomic mass is 10.2. The van der Waals surface area contributed by atoms with E-state index in [-0.39, 0.29) is 16.0 Å². The number of hydrogen-bond acceptors (Lipinski definition) is 6. The first-order valence-corrected chi connectivity index (χ1v) is 10.9. The molecule has 0 aliphatic carbocycles. The molecular weight excluding hydrogens is 530 g/mol. The maximum absolute atomic E-state index is 10.2. The Balaban J connectivity index is 1.46. The van der Waals surface area contributed by atoms with Crippen molar-refractivity contribution in [1.82, 2.24) is 9.97 Å². The largest absolute Gasteiger partial charge is 0.506 e. The fourth-order valence-corrected chi connectivity index (χ4v) is 4.41. The van der Waals surface area contributed by atoms with Crippen molar-refractivity contribution >= 4 is 54.8 Å². The third kappa shape index (κ3) is 3.75. The molecule has 1 aliphatic rings. The van der Waals surface area contributed by atoms with E-state index in [1.807, 2.05) is 36.4 Å². The maximum atomic E-state index is 10.2. The van der Waals surface area contributed by atoms with E-state index in [0.29, 0.717) is 34.7 Å². The lowest BCUT2D eigenvalue weighted by Crippen LogP contribution is -2.15. The molecule has 0 atom stereocenters. The Kier molecular flexibility index (Phi) is 5.07. The number of aromatic hydroxyl groups is 2. The summed E-state index contributed by atoms with van der Waals surface area (Å²) in [7, 11) is 0. The molecule has 0 saturated heterocycles. The molecule has 4 aromatic rings. The van der Waals surface area contributed by atoms with Crippen LogP contribution < -0.4 is 9.47 Å². The van der Waals surface area contributed by atoms with Gasteiger partial charge in [-0.15, -0.1) is 0 Å². The highest BCUT2D eigenvalue weighted by Crippen LogP contribution is 2.41. The molecule has 0 spiro atoms. The number of ether oxygens (including phenoxy) is 2. The van der Waals surface area contributed by atoms with Gasteiger partial charge in [0.1, 0.15) is 35.0 Å². The topological polar surface area (TPSA) is 100.0 Å². The van der Waals surface area contributed by atoms with Crippen molar-refractivity contribution in [3.63, 3.8) is 0 Å². The van der Waals surface area contributed by atoms with Gasteiger partial charge in [0, 0.05) is 17.3 Å². The minimum atomic E-state index is -0.0915. The van der Waals surface area contributed by atoms with Crippen LogP contribution in [-0.2, 0) is 0 Å². The molecule has 2 heterocycles. The van der Waals surface area contributed by atoms with Crippen molar-refractivity contribution in [3.05, 3.63) is 57.0 Å². The molecule has 0 fully saturated rings. The van der Waals surface area contributed by atoms with E-state index >= 15 is 0 Å². The van der Waals surface area contributed by atoms with Crippen LogP contribution in [0.1, 0.15) is 5.56 Å². The highest BCUT2D eigenvalue weighted by atomic mass is 79.9. The molecule has 7 nitrogen and oxygen atoms in total. The van der Waals surface area contributed by atoms with Crippen LogP contribution in [0.4, 0.5) is 5.69 Å². The molecule has 31 heavy (non-hydrogen) atoms. The quantitative estimate of drug-likeness (QED) is 0.288. The van der Waals surface area contributed by atoms with E-state index in [2.05, 4.69) is 46.8 Å². The molecule has 3 N–H and O–H groups in total. The molecule has 1 aromatic heterocycles. The normalized spacial score (nSPS) is 13.2. The van der Waals surface area contributed by atoms with Crippen LogP contribution in [0, 0.1) is 0 Å². The van der Waals surface area contributed by atoms with Crippen molar-refractivity contribution in [1.29, 1.82) is 0 Å². The van der Waals surface area contributed by atoms with Gasteiger partial charge in [0.05, 0.1) is 21.2 Å². The summed E-state index contributed by atoms with van der Waals surface area (Å²) in [5, 5.41) is 20.1. The zero-order chi connectivity index (χ0) is 21.5. The first-order chi connectivity index (χ1) is 15.0. The number of aromatic amines is 1. The number of hydrogen-bond donors (Lipinski definition) is 3. The first-order valence-electron chi connectivity index (χ1n) is 9.33. The van der Waals surface area contributed by atoms with Crippen LogP contribution in [0.5, 0.6) is 23.0 Å². The number of benzene rings is 3. The Morgan fingerprint density at radius 3 is 2.61 bits per heavy atom. The highest BCUT2D eigenvalue weighted by Gasteiger charge is 2.15. The van der Waals surface area contributed by atoms with Crippen molar-refractivity contribution in [2.75, 3.05) is 13.2 Å². The van der Waals surface area contributed by atoms with Crippen molar-refractivity contribution in [2.45, 2.75) is 0 Å². The van der Waals surface area contributed by atoms with Gasteiger partial charge in [-0.3, -0.25) is 4.99 Å². The Morgan fingerprint density at radius 1 is 0.968 bits per heavy atom. The zero-order valence-electron chi connectivity index (χ0n) is 15.9. The van der Waals surface area contributed by atoms with Crippen LogP contribution in [0.15, 0.2) is 56.4 Å². The van der Waals surface area contributed by atoms with Gasteiger partial charge >= 0.3 is 0 Å². The van der Waals surface area contributed by atoms with Gasteiger partial charge in [0.25, 0.3) is 0 Å². The van der Waals surface area contributed by atoms with Crippen LogP contribution >= 0.6 is 31.9 Å². The summed E-state index contributed by atoms with van der Waals surface area (Å²) in [6, 6.07) is 12.9. The summed E-state index contributed by atoms with van der Waals surface area (Å²) >= 11 is 6.42. The maximum Gasteiger partial charge on any atom is 0.162 e. The number of fused-ring (bicyclic) bond motifs is 2. The predicted molar refractivity (Wildman–Crippen MR) is 125 cm³/mol. The minimum absolute atomic E-state index is 0.0701. The standard InChI is InChI=1S/C22H15Br2N3O4/c23-14-7-12(20(28)19(24)21(14)29)10-25-13-2-3-15-16(9-13)27-22(26-15)11-1-4-17-18(8-11)31-6-5-30-17/h1-4,7-10,28-29H,5-6H2,(H,26,27)/b25-10+. The van der Waals surface area contributed by atoms with Gasteiger partial charge in [0.2, 0.25) is 0 Å². The third-order valence-electron chi connectivity index (χ3n) is 4.83. The number of aromatic nitrogens is 2. The second kappa shape index (κ2) is 7.90. The van der Waals surface area contributed by atoms with Crippen LogP contribution in [0.3, 0.4) is 0 Å². The lowest BCUT2D eigenvalue weighted by molar-refractivity contribution is 0.171. The second-order valence-electron chi connectivity index (χ2n) is 6.86. The molecular formula is C22H15Br2N3O4. The number of imidazole rings is 1. The van der Waals surface area contributed by atoms with E-state index in [9.17, 15) is 10.2 Å². The summed E-state index contributed by atoms with van der Waals surface area (Å²) in [6.07, 6.45) is 1.53. The summed E-state index contributed by atoms with van der Waals surface area (Å²) in [4.78, 5) is 12.4. The zero-order valence-corrected chi connectivity index (χ0v) is 19.1. The summed E-state index contributed by atoms with van der Waals surface area (Å²) < 4.78 is 11.9. The SMILES string of the molecule is Oc1c(Br)cc(/C=N/c2ccc3[nH]c(-c4ccc5c(c4)OCCO5)nc3c2)c(O)c1Br. The molecule has 0 unspecified atom stereocenters. The highest BCUT2D eigenvalue weighted by molar-refractivity contribution is 9.11. The average Bonchev–Trinajstić information content (AvgIpc) is 3.22. The van der Waals surface area contributed by atoms with Gasteiger partial charge in [0.15, 0.2) is 11.5 Å². The second-order valence-corrected chi connectivity index (χ2v) is 8.51. The number of phenolic OH excluding ortho intramolecular Hbond substituents is 2. The van der Waals surface area contributed by atoms with E-state index in [1.165, 1.54) is 6.21 Å². The van der Waals surface area contributed by atoms with Gasteiger partial charge in [-0.25, -0.2) is 4.98 Å². The molecule has 3 aromatic carbocycles. The summed E-state index contributed by atoms with van der Waals surface area (Å²) in [5.41, 5.74) is 3.66. The van der Waals surface area contributed by atoms with Crippen molar-refractivity contribution < 1.29 is 19.7 Å². The number of H-pyrrole nitrogens is 1. The number of halogens is 2. The third-order valence-corrected chi connectivity index (χ3v) is 6.19. The number of nitrogens with zero attached hydrogens (tertiary/aromatic N) is 2. The fraction of sp³-hybridized carbons (Fsp3) is 0.0909. The van der Waals surface area contributed by atoms with E-state index in [1.54, 1.807) is 6.07 Å². The molecule has 5 rings (SSSR count). The Labute approximate surface area is 193 Å². The van der Waals surface area contributed by atoms with Crippen LogP contribution in [0.25, 0.3) is 22.4 Å². The fourth-order valence-electron chi connectivity index (χ4n) is 3.26.